The summed E-state index contributed by atoms with van der Waals surface area (Å²) in [4.78, 5) is 3.11. The van der Waals surface area contributed by atoms with Crippen LogP contribution < -0.4 is 0 Å². The Morgan fingerprint density at radius 1 is 1.31 bits per heavy atom. The highest BCUT2D eigenvalue weighted by atomic mass is 16.2. The van der Waals surface area contributed by atoms with Crippen LogP contribution in [0.1, 0.15) is 5.56 Å². The van der Waals surface area contributed by atoms with Crippen LogP contribution in [-0.2, 0) is 0 Å². The highest BCUT2D eigenvalue weighted by molar-refractivity contribution is 5.80. The number of aliphatic hydroxyl groups is 1. The average molecular weight is 171 g/mol. The van der Waals surface area contributed by atoms with Gasteiger partial charge in [-0.15, -0.1) is 0 Å². The predicted molar refractivity (Wildman–Crippen MR) is 52.3 cm³/mol. The van der Waals surface area contributed by atoms with Crippen LogP contribution in [0.4, 0.5) is 0 Å². The lowest BCUT2D eigenvalue weighted by Gasteiger charge is -1.90. The van der Waals surface area contributed by atoms with Gasteiger partial charge in [0.2, 0.25) is 0 Å². The fourth-order valence-corrected chi connectivity index (χ4v) is 1.27. The minimum Gasteiger partial charge on any atom is -0.384 e. The molecule has 0 aliphatic carbocycles. The van der Waals surface area contributed by atoms with Gasteiger partial charge in [-0.25, -0.2) is 0 Å². The number of benzene rings is 1. The fraction of sp³-hybridized carbons (Fsp3) is 0.0909. The SMILES string of the molecule is OCC#Cc1ccc2cc[nH]c2c1. The molecule has 2 rings (SSSR count). The summed E-state index contributed by atoms with van der Waals surface area (Å²) in [6, 6.07) is 7.93. The van der Waals surface area contributed by atoms with Crippen LogP contribution in [0, 0.1) is 11.8 Å². The highest BCUT2D eigenvalue weighted by Gasteiger charge is 1.93. The molecule has 0 bridgehead atoms. The molecule has 0 saturated heterocycles. The summed E-state index contributed by atoms with van der Waals surface area (Å²) < 4.78 is 0. The first-order valence-electron chi connectivity index (χ1n) is 4.07. The Morgan fingerprint density at radius 3 is 3.08 bits per heavy atom. The molecule has 1 heterocycles. The third-order valence-corrected chi connectivity index (χ3v) is 1.87. The molecular weight excluding hydrogens is 162 g/mol. The van der Waals surface area contributed by atoms with E-state index < -0.39 is 0 Å². The van der Waals surface area contributed by atoms with E-state index in [-0.39, 0.29) is 6.61 Å². The summed E-state index contributed by atoms with van der Waals surface area (Å²) in [6.45, 7) is -0.0945. The van der Waals surface area contributed by atoms with Crippen molar-refractivity contribution < 1.29 is 5.11 Å². The van der Waals surface area contributed by atoms with Crippen LogP contribution in [0.5, 0.6) is 0 Å². The third kappa shape index (κ3) is 1.56. The van der Waals surface area contributed by atoms with Crippen LogP contribution >= 0.6 is 0 Å². The number of aromatic nitrogens is 1. The summed E-state index contributed by atoms with van der Waals surface area (Å²) >= 11 is 0. The van der Waals surface area contributed by atoms with Gasteiger partial charge >= 0.3 is 0 Å². The van der Waals surface area contributed by atoms with Crippen LogP contribution in [-0.4, -0.2) is 16.7 Å². The number of aliphatic hydroxyl groups excluding tert-OH is 1. The van der Waals surface area contributed by atoms with Crippen molar-refractivity contribution in [2.45, 2.75) is 0 Å². The van der Waals surface area contributed by atoms with Gasteiger partial charge in [0, 0.05) is 17.3 Å². The van der Waals surface area contributed by atoms with Gasteiger partial charge in [-0.3, -0.25) is 0 Å². The lowest BCUT2D eigenvalue weighted by atomic mass is 10.2. The van der Waals surface area contributed by atoms with Crippen LogP contribution in [0.15, 0.2) is 30.5 Å². The summed E-state index contributed by atoms with van der Waals surface area (Å²) in [5.74, 6) is 5.47. The van der Waals surface area contributed by atoms with E-state index in [1.807, 2.05) is 30.5 Å². The molecule has 2 aromatic rings. The first-order chi connectivity index (χ1) is 6.40. The van der Waals surface area contributed by atoms with Gasteiger partial charge in [-0.2, -0.15) is 0 Å². The first-order valence-corrected chi connectivity index (χ1v) is 4.07. The smallest absolute Gasteiger partial charge is 0.104 e. The van der Waals surface area contributed by atoms with Crippen molar-refractivity contribution in [2.24, 2.45) is 0 Å². The monoisotopic (exact) mass is 171 g/mol. The maximum absolute atomic E-state index is 8.52. The number of aromatic amines is 1. The topological polar surface area (TPSA) is 36.0 Å². The Labute approximate surface area is 76.2 Å². The predicted octanol–water partition coefficient (Wildman–Crippen LogP) is 1.51. The van der Waals surface area contributed by atoms with Gasteiger partial charge < -0.3 is 10.1 Å². The van der Waals surface area contributed by atoms with E-state index in [0.717, 1.165) is 11.1 Å². The van der Waals surface area contributed by atoms with Gasteiger partial charge in [0.05, 0.1) is 0 Å². The van der Waals surface area contributed by atoms with Crippen LogP contribution in [0.25, 0.3) is 10.9 Å². The van der Waals surface area contributed by atoms with Gasteiger partial charge in [-0.1, -0.05) is 17.9 Å². The molecule has 0 aliphatic heterocycles. The maximum atomic E-state index is 8.52. The molecule has 0 atom stereocenters. The van der Waals surface area contributed by atoms with Crippen molar-refractivity contribution in [2.75, 3.05) is 6.61 Å². The average Bonchev–Trinajstić information content (AvgIpc) is 2.61. The second-order valence-electron chi connectivity index (χ2n) is 2.74. The van der Waals surface area contributed by atoms with Gasteiger partial charge in [0.15, 0.2) is 0 Å². The number of hydrogen-bond acceptors (Lipinski definition) is 1. The molecule has 0 aliphatic rings. The molecule has 2 N–H and O–H groups in total. The van der Waals surface area contributed by atoms with Gasteiger partial charge in [0.25, 0.3) is 0 Å². The van der Waals surface area contributed by atoms with Crippen molar-refractivity contribution in [3.63, 3.8) is 0 Å². The van der Waals surface area contributed by atoms with E-state index in [1.54, 1.807) is 0 Å². The summed E-state index contributed by atoms with van der Waals surface area (Å²) in [7, 11) is 0. The maximum Gasteiger partial charge on any atom is 0.104 e. The zero-order valence-corrected chi connectivity index (χ0v) is 7.04. The number of fused-ring (bicyclic) bond motifs is 1. The van der Waals surface area contributed by atoms with Gasteiger partial charge in [0.1, 0.15) is 6.61 Å². The van der Waals surface area contributed by atoms with Crippen LogP contribution in [0.3, 0.4) is 0 Å². The molecule has 2 nitrogen and oxygen atoms in total. The summed E-state index contributed by atoms with van der Waals surface area (Å²) in [6.07, 6.45) is 1.90. The molecule has 0 radical (unpaired) electrons. The largest absolute Gasteiger partial charge is 0.384 e. The Bertz CT molecular complexity index is 473. The zero-order chi connectivity index (χ0) is 9.10. The Balaban J connectivity index is 2.48. The first kappa shape index (κ1) is 7.90. The minimum atomic E-state index is -0.0945. The molecule has 0 spiro atoms. The van der Waals surface area contributed by atoms with Gasteiger partial charge in [-0.05, 0) is 23.6 Å². The third-order valence-electron chi connectivity index (χ3n) is 1.87. The van der Waals surface area contributed by atoms with Crippen molar-refractivity contribution in [1.82, 2.24) is 4.98 Å². The second kappa shape index (κ2) is 3.34. The standard InChI is InChI=1S/C11H9NO/c13-7-1-2-9-3-4-10-5-6-12-11(10)8-9/h3-6,8,12-13H,7H2. The van der Waals surface area contributed by atoms with Crippen molar-refractivity contribution in [3.05, 3.63) is 36.0 Å². The highest BCUT2D eigenvalue weighted by Crippen LogP contribution is 2.13. The lowest BCUT2D eigenvalue weighted by Crippen LogP contribution is -1.76. The molecule has 0 saturated carbocycles. The fourth-order valence-electron chi connectivity index (χ4n) is 1.27. The van der Waals surface area contributed by atoms with Crippen molar-refractivity contribution in [3.8, 4) is 11.8 Å². The van der Waals surface area contributed by atoms with E-state index in [2.05, 4.69) is 16.8 Å². The second-order valence-corrected chi connectivity index (χ2v) is 2.74. The molecule has 0 unspecified atom stereocenters. The Kier molecular flexibility index (Phi) is 2.03. The number of hydrogen-bond donors (Lipinski definition) is 2. The number of rotatable bonds is 0. The normalized spacial score (nSPS) is 9.62. The van der Waals surface area contributed by atoms with E-state index in [4.69, 9.17) is 5.11 Å². The minimum absolute atomic E-state index is 0.0945. The molecule has 64 valence electrons. The zero-order valence-electron chi connectivity index (χ0n) is 7.04. The number of H-pyrrole nitrogens is 1. The van der Waals surface area contributed by atoms with E-state index in [0.29, 0.717) is 0 Å². The lowest BCUT2D eigenvalue weighted by molar-refractivity contribution is 0.350. The number of nitrogens with one attached hydrogen (secondary N) is 1. The van der Waals surface area contributed by atoms with Crippen molar-refractivity contribution in [1.29, 1.82) is 0 Å². The van der Waals surface area contributed by atoms with E-state index in [1.165, 1.54) is 5.39 Å². The molecular formula is C11H9NO. The molecule has 2 heteroatoms. The molecule has 13 heavy (non-hydrogen) atoms. The van der Waals surface area contributed by atoms with E-state index >= 15 is 0 Å². The van der Waals surface area contributed by atoms with Crippen molar-refractivity contribution >= 4 is 10.9 Å². The Hall–Kier alpha value is -1.72. The summed E-state index contributed by atoms with van der Waals surface area (Å²) in [5, 5.41) is 9.69. The quantitative estimate of drug-likeness (QED) is 0.579. The molecule has 0 fully saturated rings. The summed E-state index contributed by atoms with van der Waals surface area (Å²) in [5.41, 5.74) is 1.99. The molecule has 0 amide bonds. The van der Waals surface area contributed by atoms with Crippen LogP contribution in [0.2, 0.25) is 0 Å². The Morgan fingerprint density at radius 2 is 2.23 bits per heavy atom. The molecule has 1 aromatic carbocycles. The molecule has 1 aromatic heterocycles. The van der Waals surface area contributed by atoms with E-state index in [9.17, 15) is 0 Å².